The third-order valence-corrected chi connectivity index (χ3v) is 2.32. The standard InChI is InChI=1S/C5H10N2OS.CH4O3S/c8-6-9-7-4-2-1-3-5-7;1-5(2,3)4/h1-5H2;1H3,(H,2,3,4). The maximum Gasteiger partial charge on any atom is 0.262 e. The highest BCUT2D eigenvalue weighted by Gasteiger charge is 2.14. The van der Waals surface area contributed by atoms with Crippen molar-refractivity contribution in [3.63, 3.8) is 0 Å². The minimum Gasteiger partial charge on any atom is -0.748 e. The number of nitrogens with one attached hydrogen (secondary N) is 1. The summed E-state index contributed by atoms with van der Waals surface area (Å²) < 4.78 is 31.3. The minimum atomic E-state index is -3.92. The van der Waals surface area contributed by atoms with Gasteiger partial charge in [0.1, 0.15) is 0 Å². The molecule has 1 fully saturated rings. The van der Waals surface area contributed by atoms with E-state index in [1.165, 1.54) is 23.6 Å². The van der Waals surface area contributed by atoms with Crippen molar-refractivity contribution < 1.29 is 17.3 Å². The average Bonchev–Trinajstić information content (AvgIpc) is 2.03. The molecule has 1 aliphatic rings. The molecular weight excluding hydrogens is 228 g/mol. The fraction of sp³-hybridized carbons (Fsp3) is 1.00. The summed E-state index contributed by atoms with van der Waals surface area (Å²) in [7, 11) is -3.92. The van der Waals surface area contributed by atoms with Crippen LogP contribution in [0.5, 0.6) is 0 Å². The lowest BCUT2D eigenvalue weighted by atomic mass is 10.2. The van der Waals surface area contributed by atoms with Crippen LogP contribution < -0.4 is 4.31 Å². The van der Waals surface area contributed by atoms with Gasteiger partial charge in [0.05, 0.1) is 27.8 Å². The van der Waals surface area contributed by atoms with E-state index >= 15 is 0 Å². The molecule has 0 spiro atoms. The number of hydrogen-bond donors (Lipinski definition) is 1. The second-order valence-electron chi connectivity index (χ2n) is 2.97. The number of hydrogen-bond acceptors (Lipinski definition) is 6. The van der Waals surface area contributed by atoms with Crippen LogP contribution in [0.15, 0.2) is 4.58 Å². The number of quaternary nitrogens is 1. The summed E-state index contributed by atoms with van der Waals surface area (Å²) in [6.45, 7) is 2.22. The molecule has 0 bridgehead atoms. The van der Waals surface area contributed by atoms with Gasteiger partial charge in [0.25, 0.3) is 12.1 Å². The second kappa shape index (κ2) is 7.16. The molecule has 0 aromatic heterocycles. The minimum absolute atomic E-state index is 0.604. The maximum atomic E-state index is 9.77. The Balaban J connectivity index is 0.000000292. The fourth-order valence-electron chi connectivity index (χ4n) is 1.09. The SMILES string of the molecule is CS(=O)(=O)[O-].O=NS[NH+]1CCCCC1. The molecule has 1 rings (SSSR count). The Bertz CT molecular complexity index is 241. The smallest absolute Gasteiger partial charge is 0.262 e. The zero-order valence-electron chi connectivity index (χ0n) is 7.93. The Morgan fingerprint density at radius 2 is 1.71 bits per heavy atom. The van der Waals surface area contributed by atoms with Gasteiger partial charge in [-0.2, -0.15) is 0 Å². The summed E-state index contributed by atoms with van der Waals surface area (Å²) in [4.78, 5) is 9.77. The van der Waals surface area contributed by atoms with Crippen molar-refractivity contribution in [2.75, 3.05) is 19.3 Å². The lowest BCUT2D eigenvalue weighted by molar-refractivity contribution is -0.761. The normalized spacial score (nSPS) is 18.1. The molecule has 0 radical (unpaired) electrons. The van der Waals surface area contributed by atoms with Crippen LogP contribution in [0.4, 0.5) is 0 Å². The zero-order chi connectivity index (χ0) is 11.0. The first kappa shape index (κ1) is 13.8. The van der Waals surface area contributed by atoms with Gasteiger partial charge in [0.2, 0.25) is 0 Å². The molecule has 0 aromatic rings. The largest absolute Gasteiger partial charge is 0.748 e. The number of piperidine rings is 1. The first-order valence-corrected chi connectivity index (χ1v) is 6.77. The van der Waals surface area contributed by atoms with Crippen molar-refractivity contribution in [2.24, 2.45) is 4.58 Å². The average molecular weight is 242 g/mol. The first-order chi connectivity index (χ1) is 6.43. The van der Waals surface area contributed by atoms with Crippen molar-refractivity contribution in [2.45, 2.75) is 19.3 Å². The Hall–Kier alpha value is -0.180. The maximum absolute atomic E-state index is 9.77. The summed E-state index contributed by atoms with van der Waals surface area (Å²) in [5, 5.41) is 0. The molecule has 6 nitrogen and oxygen atoms in total. The Morgan fingerprint density at radius 1 is 1.29 bits per heavy atom. The Labute approximate surface area is 88.0 Å². The lowest BCUT2D eigenvalue weighted by Crippen LogP contribution is -3.06. The van der Waals surface area contributed by atoms with Crippen LogP contribution >= 0.6 is 12.1 Å². The Kier molecular flexibility index (Phi) is 7.06. The molecule has 0 aliphatic carbocycles. The monoisotopic (exact) mass is 242 g/mol. The molecule has 0 atom stereocenters. The molecular formula is C6H14N2O4S2. The van der Waals surface area contributed by atoms with E-state index in [2.05, 4.69) is 4.58 Å². The topological polar surface area (TPSA) is 91.1 Å². The van der Waals surface area contributed by atoms with Crippen molar-refractivity contribution >= 4 is 22.3 Å². The van der Waals surface area contributed by atoms with Gasteiger partial charge in [-0.3, -0.25) is 0 Å². The van der Waals surface area contributed by atoms with Gasteiger partial charge in [-0.1, -0.05) is 0 Å². The molecule has 1 heterocycles. The van der Waals surface area contributed by atoms with Crippen LogP contribution in [0.1, 0.15) is 19.3 Å². The van der Waals surface area contributed by atoms with Crippen LogP contribution in [0.25, 0.3) is 0 Å². The van der Waals surface area contributed by atoms with Gasteiger partial charge in [0.15, 0.2) is 0 Å². The molecule has 0 unspecified atom stereocenters. The van der Waals surface area contributed by atoms with Gasteiger partial charge in [-0.05, 0) is 19.3 Å². The van der Waals surface area contributed by atoms with Gasteiger partial charge in [-0.15, -0.1) is 4.91 Å². The van der Waals surface area contributed by atoms with Gasteiger partial charge < -0.3 is 4.55 Å². The second-order valence-corrected chi connectivity index (χ2v) is 5.29. The van der Waals surface area contributed by atoms with E-state index in [9.17, 15) is 4.91 Å². The van der Waals surface area contributed by atoms with Crippen molar-refractivity contribution in [1.82, 2.24) is 0 Å². The van der Waals surface area contributed by atoms with Crippen LogP contribution in [0.3, 0.4) is 0 Å². The summed E-state index contributed by atoms with van der Waals surface area (Å²) >= 11 is 1.14. The molecule has 84 valence electrons. The van der Waals surface area contributed by atoms with Crippen LogP contribution in [-0.2, 0) is 10.1 Å². The van der Waals surface area contributed by atoms with E-state index in [0.29, 0.717) is 6.26 Å². The Morgan fingerprint density at radius 3 is 2.07 bits per heavy atom. The van der Waals surface area contributed by atoms with E-state index < -0.39 is 10.1 Å². The van der Waals surface area contributed by atoms with Crippen LogP contribution in [-0.4, -0.2) is 32.3 Å². The quantitative estimate of drug-likeness (QED) is 0.402. The predicted molar refractivity (Wildman–Crippen MR) is 53.6 cm³/mol. The third kappa shape index (κ3) is 11.8. The number of nitroso groups, excluding NO2 is 1. The summed E-state index contributed by atoms with van der Waals surface area (Å²) in [6, 6.07) is 0. The van der Waals surface area contributed by atoms with E-state index in [0.717, 1.165) is 25.2 Å². The van der Waals surface area contributed by atoms with Crippen molar-refractivity contribution in [1.29, 1.82) is 0 Å². The van der Waals surface area contributed by atoms with Gasteiger partial charge >= 0.3 is 0 Å². The molecule has 1 N–H and O–H groups in total. The summed E-state index contributed by atoms with van der Waals surface area (Å²) in [6.07, 6.45) is 4.42. The van der Waals surface area contributed by atoms with Gasteiger partial charge in [-0.25, -0.2) is 12.7 Å². The highest BCUT2D eigenvalue weighted by atomic mass is 32.2. The van der Waals surface area contributed by atoms with E-state index in [4.69, 9.17) is 13.0 Å². The fourth-order valence-corrected chi connectivity index (χ4v) is 1.67. The molecule has 1 aliphatic heterocycles. The molecule has 0 amide bonds. The van der Waals surface area contributed by atoms with Gasteiger partial charge in [0, 0.05) is 6.26 Å². The number of rotatable bonds is 2. The highest BCUT2D eigenvalue weighted by molar-refractivity contribution is 7.91. The molecule has 0 aromatic carbocycles. The zero-order valence-corrected chi connectivity index (χ0v) is 9.57. The first-order valence-electron chi connectivity index (χ1n) is 4.18. The van der Waals surface area contributed by atoms with E-state index in [1.54, 1.807) is 0 Å². The highest BCUT2D eigenvalue weighted by Crippen LogP contribution is 1.98. The van der Waals surface area contributed by atoms with Crippen LogP contribution in [0.2, 0.25) is 0 Å². The van der Waals surface area contributed by atoms with E-state index in [1.807, 2.05) is 0 Å². The third-order valence-electron chi connectivity index (χ3n) is 1.58. The molecule has 8 heteroatoms. The van der Waals surface area contributed by atoms with E-state index in [-0.39, 0.29) is 0 Å². The van der Waals surface area contributed by atoms with Crippen molar-refractivity contribution in [3.8, 4) is 0 Å². The molecule has 1 saturated heterocycles. The molecule has 14 heavy (non-hydrogen) atoms. The molecule has 0 saturated carbocycles. The summed E-state index contributed by atoms with van der Waals surface area (Å²) in [5.74, 6) is 0. The number of nitrogens with zero attached hydrogens (tertiary/aromatic N) is 1. The lowest BCUT2D eigenvalue weighted by Gasteiger charge is -2.16. The summed E-state index contributed by atoms with van der Waals surface area (Å²) in [5.41, 5.74) is 0. The van der Waals surface area contributed by atoms with Crippen LogP contribution in [0, 0.1) is 4.91 Å². The predicted octanol–water partition coefficient (Wildman–Crippen LogP) is -0.454. The van der Waals surface area contributed by atoms with Crippen molar-refractivity contribution in [3.05, 3.63) is 4.91 Å².